The largest absolute Gasteiger partial charge is 0.396 e. The van der Waals surface area contributed by atoms with E-state index in [9.17, 15) is 0 Å². The minimum atomic E-state index is 0.189. The van der Waals surface area contributed by atoms with E-state index >= 15 is 0 Å². The summed E-state index contributed by atoms with van der Waals surface area (Å²) in [6.45, 7) is 0.189. The van der Waals surface area contributed by atoms with E-state index in [0.717, 1.165) is 29.6 Å². The second-order valence-corrected chi connectivity index (χ2v) is 3.40. The zero-order valence-electron chi connectivity index (χ0n) is 7.50. The van der Waals surface area contributed by atoms with Crippen molar-refractivity contribution in [2.45, 2.75) is 12.8 Å². The Morgan fingerprint density at radius 2 is 2.29 bits per heavy atom. The van der Waals surface area contributed by atoms with Gasteiger partial charge in [0, 0.05) is 12.3 Å². The SMILES string of the molecule is OCCCc1cc2ncnc(Cl)c2[nH]1. The molecule has 0 aliphatic carbocycles. The monoisotopic (exact) mass is 211 g/mol. The highest BCUT2D eigenvalue weighted by Crippen LogP contribution is 2.19. The Morgan fingerprint density at radius 3 is 3.00 bits per heavy atom. The predicted octanol–water partition coefficient (Wildman–Crippen LogP) is 1.54. The predicted molar refractivity (Wildman–Crippen MR) is 54.3 cm³/mol. The van der Waals surface area contributed by atoms with Gasteiger partial charge in [0.25, 0.3) is 0 Å². The normalized spacial score (nSPS) is 11.0. The van der Waals surface area contributed by atoms with Crippen molar-refractivity contribution in [2.24, 2.45) is 0 Å². The molecule has 2 N–H and O–H groups in total. The van der Waals surface area contributed by atoms with Gasteiger partial charge in [-0.05, 0) is 18.9 Å². The molecule has 5 heteroatoms. The number of aliphatic hydroxyl groups is 1. The molecule has 2 aromatic heterocycles. The summed E-state index contributed by atoms with van der Waals surface area (Å²) in [5.74, 6) is 0. The molecular formula is C9H10ClN3O. The Labute approximate surface area is 86.0 Å². The molecular weight excluding hydrogens is 202 g/mol. The van der Waals surface area contributed by atoms with Crippen molar-refractivity contribution in [3.05, 3.63) is 23.2 Å². The van der Waals surface area contributed by atoms with Crippen LogP contribution in [0.1, 0.15) is 12.1 Å². The number of nitrogens with zero attached hydrogens (tertiary/aromatic N) is 2. The van der Waals surface area contributed by atoms with Gasteiger partial charge in [-0.3, -0.25) is 0 Å². The highest BCUT2D eigenvalue weighted by atomic mass is 35.5. The summed E-state index contributed by atoms with van der Waals surface area (Å²) < 4.78 is 0. The molecule has 4 nitrogen and oxygen atoms in total. The van der Waals surface area contributed by atoms with E-state index in [-0.39, 0.29) is 6.61 Å². The lowest BCUT2D eigenvalue weighted by atomic mass is 10.2. The molecule has 0 saturated carbocycles. The number of nitrogens with one attached hydrogen (secondary N) is 1. The fraction of sp³-hybridized carbons (Fsp3) is 0.333. The van der Waals surface area contributed by atoms with E-state index in [0.29, 0.717) is 5.15 Å². The zero-order chi connectivity index (χ0) is 9.97. The second-order valence-electron chi connectivity index (χ2n) is 3.05. The van der Waals surface area contributed by atoms with Crippen molar-refractivity contribution < 1.29 is 5.11 Å². The molecule has 0 fully saturated rings. The number of aryl methyl sites for hydroxylation is 1. The Balaban J connectivity index is 2.36. The van der Waals surface area contributed by atoms with Crippen LogP contribution in [-0.4, -0.2) is 26.7 Å². The Morgan fingerprint density at radius 1 is 1.43 bits per heavy atom. The van der Waals surface area contributed by atoms with Crippen molar-refractivity contribution in [1.29, 1.82) is 0 Å². The average Bonchev–Trinajstić information content (AvgIpc) is 2.59. The topological polar surface area (TPSA) is 61.8 Å². The molecule has 0 spiro atoms. The maximum Gasteiger partial charge on any atom is 0.156 e. The molecule has 0 aliphatic heterocycles. The number of halogens is 1. The Kier molecular flexibility index (Phi) is 2.65. The molecule has 0 radical (unpaired) electrons. The molecule has 0 atom stereocenters. The molecule has 0 aliphatic rings. The molecule has 74 valence electrons. The van der Waals surface area contributed by atoms with Gasteiger partial charge in [-0.15, -0.1) is 0 Å². The van der Waals surface area contributed by atoms with Crippen LogP contribution in [0.5, 0.6) is 0 Å². The van der Waals surface area contributed by atoms with E-state index < -0.39 is 0 Å². The summed E-state index contributed by atoms with van der Waals surface area (Å²) >= 11 is 5.87. The minimum absolute atomic E-state index is 0.189. The highest BCUT2D eigenvalue weighted by molar-refractivity contribution is 6.33. The molecule has 2 aromatic rings. The molecule has 0 bridgehead atoms. The van der Waals surface area contributed by atoms with Gasteiger partial charge < -0.3 is 10.1 Å². The maximum atomic E-state index is 8.69. The number of hydrogen-bond donors (Lipinski definition) is 2. The highest BCUT2D eigenvalue weighted by Gasteiger charge is 2.05. The van der Waals surface area contributed by atoms with Gasteiger partial charge in [0.2, 0.25) is 0 Å². The van der Waals surface area contributed by atoms with Crippen LogP contribution >= 0.6 is 11.6 Å². The van der Waals surface area contributed by atoms with Crippen LogP contribution in [0.25, 0.3) is 11.0 Å². The summed E-state index contributed by atoms with van der Waals surface area (Å²) in [6, 6.07) is 1.93. The van der Waals surface area contributed by atoms with Crippen molar-refractivity contribution in [1.82, 2.24) is 15.0 Å². The number of aromatic nitrogens is 3. The van der Waals surface area contributed by atoms with Crippen LogP contribution in [0, 0.1) is 0 Å². The minimum Gasteiger partial charge on any atom is -0.396 e. The van der Waals surface area contributed by atoms with Crippen LogP contribution in [0.4, 0.5) is 0 Å². The van der Waals surface area contributed by atoms with E-state index in [1.54, 1.807) is 0 Å². The smallest absolute Gasteiger partial charge is 0.156 e. The number of hydrogen-bond acceptors (Lipinski definition) is 3. The van der Waals surface area contributed by atoms with Gasteiger partial charge >= 0.3 is 0 Å². The summed E-state index contributed by atoms with van der Waals surface area (Å²) in [7, 11) is 0. The first-order valence-electron chi connectivity index (χ1n) is 4.40. The molecule has 0 aromatic carbocycles. The van der Waals surface area contributed by atoms with Crippen LogP contribution < -0.4 is 0 Å². The first-order valence-corrected chi connectivity index (χ1v) is 4.78. The van der Waals surface area contributed by atoms with Gasteiger partial charge in [0.05, 0.1) is 5.52 Å². The molecule has 14 heavy (non-hydrogen) atoms. The Hall–Kier alpha value is -1.13. The van der Waals surface area contributed by atoms with Crippen molar-refractivity contribution in [3.63, 3.8) is 0 Å². The summed E-state index contributed by atoms with van der Waals surface area (Å²) in [5, 5.41) is 9.12. The van der Waals surface area contributed by atoms with Gasteiger partial charge in [0.15, 0.2) is 5.15 Å². The summed E-state index contributed by atoms with van der Waals surface area (Å²) in [6.07, 6.45) is 2.97. The van der Waals surface area contributed by atoms with Gasteiger partial charge in [0.1, 0.15) is 11.8 Å². The molecule has 2 rings (SSSR count). The van der Waals surface area contributed by atoms with E-state index in [2.05, 4.69) is 15.0 Å². The van der Waals surface area contributed by atoms with Crippen LogP contribution in [0.2, 0.25) is 5.15 Å². The molecule has 0 amide bonds. The summed E-state index contributed by atoms with van der Waals surface area (Å²) in [5.41, 5.74) is 2.61. The van der Waals surface area contributed by atoms with E-state index in [4.69, 9.17) is 16.7 Å². The van der Waals surface area contributed by atoms with Crippen LogP contribution in [-0.2, 0) is 6.42 Å². The van der Waals surface area contributed by atoms with Crippen molar-refractivity contribution in [3.8, 4) is 0 Å². The third-order valence-corrected chi connectivity index (χ3v) is 2.32. The van der Waals surface area contributed by atoms with Gasteiger partial charge in [-0.25, -0.2) is 9.97 Å². The maximum absolute atomic E-state index is 8.69. The molecule has 2 heterocycles. The fourth-order valence-corrected chi connectivity index (χ4v) is 1.56. The standard InChI is InChI=1S/C9H10ClN3O/c10-9-8-7(11-5-12-9)4-6(13-8)2-1-3-14/h4-5,13-14H,1-3H2. The lowest BCUT2D eigenvalue weighted by molar-refractivity contribution is 0.288. The molecule has 0 unspecified atom stereocenters. The van der Waals surface area contributed by atoms with Crippen LogP contribution in [0.3, 0.4) is 0 Å². The van der Waals surface area contributed by atoms with Crippen LogP contribution in [0.15, 0.2) is 12.4 Å². The summed E-state index contributed by atoms with van der Waals surface area (Å²) in [4.78, 5) is 11.1. The number of aliphatic hydroxyl groups excluding tert-OH is 1. The first kappa shape index (κ1) is 9.43. The third-order valence-electron chi connectivity index (χ3n) is 2.03. The Bertz CT molecular complexity index is 441. The number of rotatable bonds is 3. The van der Waals surface area contributed by atoms with Crippen molar-refractivity contribution >= 4 is 22.6 Å². The number of fused-ring (bicyclic) bond motifs is 1. The van der Waals surface area contributed by atoms with E-state index in [1.807, 2.05) is 6.07 Å². The third kappa shape index (κ3) is 1.71. The molecule has 0 saturated heterocycles. The number of H-pyrrole nitrogens is 1. The average molecular weight is 212 g/mol. The lowest BCUT2D eigenvalue weighted by Gasteiger charge is -1.92. The van der Waals surface area contributed by atoms with Gasteiger partial charge in [-0.1, -0.05) is 11.6 Å². The fourth-order valence-electron chi connectivity index (χ4n) is 1.37. The number of aromatic amines is 1. The lowest BCUT2D eigenvalue weighted by Crippen LogP contribution is -1.88. The van der Waals surface area contributed by atoms with Gasteiger partial charge in [-0.2, -0.15) is 0 Å². The first-order chi connectivity index (χ1) is 6.81. The quantitative estimate of drug-likeness (QED) is 0.757. The van der Waals surface area contributed by atoms with Crippen molar-refractivity contribution in [2.75, 3.05) is 6.61 Å². The van der Waals surface area contributed by atoms with E-state index in [1.165, 1.54) is 6.33 Å². The second kappa shape index (κ2) is 3.94. The zero-order valence-corrected chi connectivity index (χ0v) is 8.25.